The number of allylic oxidation sites excluding steroid dienone is 2. The second-order valence-corrected chi connectivity index (χ2v) is 12.6. The van der Waals surface area contributed by atoms with Gasteiger partial charge in [-0.05, 0) is 59.6 Å². The molecule has 0 aliphatic carbocycles. The number of imidazole rings is 1. The van der Waals surface area contributed by atoms with E-state index in [9.17, 15) is 24.0 Å². The summed E-state index contributed by atoms with van der Waals surface area (Å²) in [4.78, 5) is 72.5. The molecule has 1 N–H and O–H groups in total. The minimum Gasteiger partial charge on any atom is -0.444 e. The van der Waals surface area contributed by atoms with Crippen molar-refractivity contribution < 1.29 is 18.7 Å². The lowest BCUT2D eigenvalue weighted by Crippen LogP contribution is -2.49. The number of nitrogens with one attached hydrogen (secondary N) is 1. The van der Waals surface area contributed by atoms with Crippen LogP contribution in [0.1, 0.15) is 57.8 Å². The van der Waals surface area contributed by atoms with Crippen molar-refractivity contribution in [2.24, 2.45) is 14.1 Å². The Kier molecular flexibility index (Phi) is 8.34. The van der Waals surface area contributed by atoms with Gasteiger partial charge in [0.2, 0.25) is 5.95 Å². The fraction of sp³-hybridized carbons (Fsp3) is 0.484. The molecular weight excluding hydrogens is 582 g/mol. The van der Waals surface area contributed by atoms with E-state index in [1.54, 1.807) is 37.5 Å². The summed E-state index contributed by atoms with van der Waals surface area (Å²) in [5, 5.41) is 2.94. The van der Waals surface area contributed by atoms with Gasteiger partial charge in [-0.1, -0.05) is 17.7 Å². The van der Waals surface area contributed by atoms with Gasteiger partial charge in [0.15, 0.2) is 22.5 Å². The molecule has 1 fully saturated rings. The number of aryl methyl sites for hydroxylation is 2. The van der Waals surface area contributed by atoms with Crippen molar-refractivity contribution in [3.05, 3.63) is 66.8 Å². The number of aromatic nitrogens is 5. The summed E-state index contributed by atoms with van der Waals surface area (Å²) in [6, 6.07) is 4.46. The van der Waals surface area contributed by atoms with Crippen LogP contribution < -0.4 is 27.2 Å². The van der Waals surface area contributed by atoms with E-state index >= 15 is 0 Å². The van der Waals surface area contributed by atoms with Crippen molar-refractivity contribution in [3.63, 3.8) is 0 Å². The lowest BCUT2D eigenvalue weighted by Gasteiger charge is -2.34. The van der Waals surface area contributed by atoms with Crippen LogP contribution in [-0.4, -0.2) is 59.9 Å². The molecule has 0 radical (unpaired) electrons. The van der Waals surface area contributed by atoms with Crippen LogP contribution in [0.5, 0.6) is 0 Å². The van der Waals surface area contributed by atoms with Crippen molar-refractivity contribution in [3.8, 4) is 0 Å². The van der Waals surface area contributed by atoms with Crippen LogP contribution in [0, 0.1) is 0 Å². The number of piperidine rings is 1. The number of amides is 1. The lowest BCUT2D eigenvalue weighted by atomic mass is 10.1. The Hall–Kier alpha value is -4.88. The number of ether oxygens (including phenoxy) is 1. The van der Waals surface area contributed by atoms with Gasteiger partial charge in [-0.15, -0.1) is 0 Å². The average molecular weight is 622 g/mol. The van der Waals surface area contributed by atoms with E-state index in [4.69, 9.17) is 14.1 Å². The zero-order chi connectivity index (χ0) is 32.8. The van der Waals surface area contributed by atoms with E-state index in [0.717, 1.165) is 23.0 Å². The molecule has 5 rings (SSSR count). The van der Waals surface area contributed by atoms with Crippen LogP contribution in [0.4, 0.5) is 10.7 Å². The Bertz CT molecular complexity index is 2010. The summed E-state index contributed by atoms with van der Waals surface area (Å²) in [7, 11) is 3.00. The molecular formula is C31H39N7O7. The Balaban J connectivity index is 1.57. The number of alkyl carbamates (subject to hydrolysis) is 1. The first-order chi connectivity index (χ1) is 21.2. The summed E-state index contributed by atoms with van der Waals surface area (Å²) in [6.07, 6.45) is 2.94. The third-order valence-electron chi connectivity index (χ3n) is 7.73. The van der Waals surface area contributed by atoms with Crippen LogP contribution >= 0.6 is 0 Å². The highest BCUT2D eigenvalue weighted by molar-refractivity contribution is 6.05. The maximum Gasteiger partial charge on any atom is 0.419 e. The fourth-order valence-electron chi connectivity index (χ4n) is 5.60. The molecule has 3 aromatic heterocycles. The summed E-state index contributed by atoms with van der Waals surface area (Å²) < 4.78 is 15.8. The molecule has 0 spiro atoms. The van der Waals surface area contributed by atoms with Crippen molar-refractivity contribution in [2.45, 2.75) is 72.2 Å². The number of anilines is 1. The van der Waals surface area contributed by atoms with Gasteiger partial charge in [-0.2, -0.15) is 4.98 Å². The van der Waals surface area contributed by atoms with E-state index in [0.29, 0.717) is 25.6 Å². The number of carbonyl (C=O) groups excluding carboxylic acids is 2. The van der Waals surface area contributed by atoms with Gasteiger partial charge in [-0.3, -0.25) is 23.3 Å². The molecule has 1 amide bonds. The number of fused-ring (bicyclic) bond motifs is 2. The van der Waals surface area contributed by atoms with Crippen molar-refractivity contribution >= 4 is 40.1 Å². The minimum absolute atomic E-state index is 0.158. The summed E-state index contributed by atoms with van der Waals surface area (Å²) in [5.74, 6) is -0.678. The third-order valence-corrected chi connectivity index (χ3v) is 7.73. The van der Waals surface area contributed by atoms with Crippen LogP contribution in [0.2, 0.25) is 0 Å². The molecule has 4 aromatic rings. The molecule has 14 nitrogen and oxygen atoms in total. The third kappa shape index (κ3) is 6.22. The number of oxazole rings is 1. The van der Waals surface area contributed by atoms with Crippen molar-refractivity contribution in [1.82, 2.24) is 28.6 Å². The number of para-hydroxylation sites is 1. The summed E-state index contributed by atoms with van der Waals surface area (Å²) in [5.41, 5.74) is 0.0662. The van der Waals surface area contributed by atoms with Gasteiger partial charge in [0.05, 0.1) is 6.54 Å². The Labute approximate surface area is 258 Å². The minimum atomic E-state index is -0.698. The van der Waals surface area contributed by atoms with Crippen LogP contribution in [0.25, 0.3) is 22.3 Å². The smallest absolute Gasteiger partial charge is 0.419 e. The molecule has 45 heavy (non-hydrogen) atoms. The van der Waals surface area contributed by atoms with Gasteiger partial charge in [0, 0.05) is 45.3 Å². The zero-order valence-corrected chi connectivity index (χ0v) is 26.7. The first-order valence-electron chi connectivity index (χ1n) is 14.9. The fourth-order valence-corrected chi connectivity index (χ4v) is 5.60. The summed E-state index contributed by atoms with van der Waals surface area (Å²) >= 11 is 0. The average Bonchev–Trinajstić information content (AvgIpc) is 3.49. The van der Waals surface area contributed by atoms with Crippen LogP contribution in [0.3, 0.4) is 0 Å². The number of Topliss-reactive ketones (excluding diaryl/α,β-unsaturated/α-hetero) is 1. The lowest BCUT2D eigenvalue weighted by molar-refractivity contribution is 0.0499. The van der Waals surface area contributed by atoms with E-state index < -0.39 is 41.0 Å². The number of rotatable bonds is 7. The maximum absolute atomic E-state index is 14.1. The van der Waals surface area contributed by atoms with E-state index in [-0.39, 0.29) is 33.9 Å². The van der Waals surface area contributed by atoms with E-state index in [2.05, 4.69) is 5.32 Å². The number of benzene rings is 1. The quantitative estimate of drug-likeness (QED) is 0.242. The number of hydrogen-bond acceptors (Lipinski definition) is 9. The molecule has 240 valence electrons. The molecule has 1 aliphatic heterocycles. The monoisotopic (exact) mass is 621 g/mol. The molecule has 0 bridgehead atoms. The number of carbonyl (C=O) groups is 2. The van der Waals surface area contributed by atoms with Gasteiger partial charge in [0.1, 0.15) is 11.1 Å². The molecule has 0 saturated carbocycles. The topological polar surface area (TPSA) is 156 Å². The molecule has 1 saturated heterocycles. The first-order valence-corrected chi connectivity index (χ1v) is 14.9. The Morgan fingerprint density at radius 2 is 1.82 bits per heavy atom. The maximum atomic E-state index is 14.1. The molecule has 4 heterocycles. The number of nitrogens with zero attached hydrogens (tertiary/aromatic N) is 6. The largest absolute Gasteiger partial charge is 0.444 e. The predicted molar refractivity (Wildman–Crippen MR) is 169 cm³/mol. The van der Waals surface area contributed by atoms with E-state index in [1.807, 2.05) is 24.8 Å². The second kappa shape index (κ2) is 11.9. The highest BCUT2D eigenvalue weighted by atomic mass is 16.6. The predicted octanol–water partition coefficient (Wildman–Crippen LogP) is 2.68. The van der Waals surface area contributed by atoms with Gasteiger partial charge in [-0.25, -0.2) is 14.4 Å². The highest BCUT2D eigenvalue weighted by Crippen LogP contribution is 2.24. The molecule has 14 heteroatoms. The van der Waals surface area contributed by atoms with Gasteiger partial charge >= 0.3 is 17.5 Å². The summed E-state index contributed by atoms with van der Waals surface area (Å²) in [6.45, 7) is 10.1. The Morgan fingerprint density at radius 1 is 1.09 bits per heavy atom. The van der Waals surface area contributed by atoms with E-state index in [1.165, 1.54) is 29.3 Å². The molecule has 1 aliphatic rings. The first kappa shape index (κ1) is 31.5. The van der Waals surface area contributed by atoms with Gasteiger partial charge < -0.3 is 23.9 Å². The molecule has 1 unspecified atom stereocenters. The normalized spacial score (nSPS) is 15.4. The highest BCUT2D eigenvalue weighted by Gasteiger charge is 2.29. The van der Waals surface area contributed by atoms with Crippen LogP contribution in [0.15, 0.2) is 48.6 Å². The number of hydrogen-bond donors (Lipinski definition) is 1. The Morgan fingerprint density at radius 3 is 2.51 bits per heavy atom. The SMILES string of the molecule is CC(C)=CCn1c(N2CCCC(NC(=O)OC(C)(C)C)C2)nc2c1c(=O)n(CC(=O)c1cccc3oc(=O)n(C)c13)c(=O)n2C. The van der Waals surface area contributed by atoms with Crippen molar-refractivity contribution in [1.29, 1.82) is 0 Å². The van der Waals surface area contributed by atoms with Crippen LogP contribution in [-0.2, 0) is 31.9 Å². The van der Waals surface area contributed by atoms with Crippen molar-refractivity contribution in [2.75, 3.05) is 18.0 Å². The standard InChI is InChI=1S/C31H39N7O7/c1-18(2)13-15-37-24-25(33-27(37)36-14-9-10-19(16-36)32-28(41)45-31(3,4)5)35(7)29(42)38(26(24)40)17-21(39)20-11-8-12-22-23(20)34(6)30(43)44-22/h8,11-13,19H,9-10,14-17H2,1-7H3,(H,32,41). The van der Waals surface area contributed by atoms with Gasteiger partial charge in [0.25, 0.3) is 5.56 Å². The molecule has 1 atom stereocenters. The zero-order valence-electron chi connectivity index (χ0n) is 26.7. The molecule has 1 aromatic carbocycles. The number of ketones is 1. The second-order valence-electron chi connectivity index (χ2n) is 12.6.